The van der Waals surface area contributed by atoms with E-state index in [1.165, 1.54) is 13.5 Å². The smallest absolute Gasteiger partial charge is 0.327 e. The molecular weight excluding hydrogens is 240 g/mol. The number of ether oxygens (including phenoxy) is 1. The van der Waals surface area contributed by atoms with Crippen LogP contribution in [0.1, 0.15) is 40.5 Å². The number of nitrogens with zero attached hydrogens (tertiary/aromatic N) is 1. The van der Waals surface area contributed by atoms with Crippen LogP contribution in [0.4, 0.5) is 0 Å². The lowest BCUT2D eigenvalue weighted by molar-refractivity contribution is -0.148. The van der Waals surface area contributed by atoms with E-state index in [4.69, 9.17) is 4.74 Å². The molecule has 1 saturated heterocycles. The minimum Gasteiger partial charge on any atom is -0.468 e. The second-order valence-corrected chi connectivity index (χ2v) is 6.28. The van der Waals surface area contributed by atoms with E-state index in [2.05, 4.69) is 31.0 Å². The number of likely N-dealkylation sites (tertiary alicyclic amines) is 1. The van der Waals surface area contributed by atoms with Crippen LogP contribution in [0.15, 0.2) is 0 Å². The molecule has 2 unspecified atom stereocenters. The van der Waals surface area contributed by atoms with Crippen molar-refractivity contribution in [2.45, 2.75) is 46.1 Å². The van der Waals surface area contributed by atoms with Crippen LogP contribution in [-0.2, 0) is 9.53 Å². The number of esters is 1. The summed E-state index contributed by atoms with van der Waals surface area (Å²) < 4.78 is 4.97. The summed E-state index contributed by atoms with van der Waals surface area (Å²) in [5.74, 6) is 1.32. The highest BCUT2D eigenvalue weighted by atomic mass is 16.5. The number of carbonyl (C=O) groups excluding carboxylic acids is 1. The molecule has 2 atom stereocenters. The third-order valence-corrected chi connectivity index (χ3v) is 4.19. The van der Waals surface area contributed by atoms with Crippen molar-refractivity contribution in [3.63, 3.8) is 0 Å². The van der Waals surface area contributed by atoms with Gasteiger partial charge in [0.05, 0.1) is 7.11 Å². The summed E-state index contributed by atoms with van der Waals surface area (Å²) in [6.45, 7) is 12.4. The number of nitrogens with one attached hydrogen (secondary N) is 1. The molecule has 112 valence electrons. The van der Waals surface area contributed by atoms with Crippen LogP contribution >= 0.6 is 0 Å². The molecule has 0 aromatic heterocycles. The molecule has 0 amide bonds. The minimum atomic E-state index is -0.587. The summed E-state index contributed by atoms with van der Waals surface area (Å²) in [5, 5.41) is 3.35. The molecule has 4 heteroatoms. The SMILES string of the molecule is CCCNC(C)(CN1CCC(C(C)C)C1)C(=O)OC. The Bertz CT molecular complexity index is 294. The Kier molecular flexibility index (Phi) is 6.27. The summed E-state index contributed by atoms with van der Waals surface area (Å²) in [6, 6.07) is 0. The third kappa shape index (κ3) is 4.46. The molecule has 19 heavy (non-hydrogen) atoms. The molecule has 1 fully saturated rings. The number of rotatable bonds is 7. The maximum Gasteiger partial charge on any atom is 0.327 e. The van der Waals surface area contributed by atoms with Crippen LogP contribution in [0.3, 0.4) is 0 Å². The molecule has 0 radical (unpaired) electrons. The average Bonchev–Trinajstić information content (AvgIpc) is 2.83. The van der Waals surface area contributed by atoms with Crippen LogP contribution in [0, 0.1) is 11.8 Å². The van der Waals surface area contributed by atoms with Gasteiger partial charge in [-0.25, -0.2) is 0 Å². The zero-order valence-electron chi connectivity index (χ0n) is 13.2. The van der Waals surface area contributed by atoms with E-state index in [0.29, 0.717) is 0 Å². The molecule has 0 aromatic rings. The van der Waals surface area contributed by atoms with E-state index in [1.54, 1.807) is 0 Å². The minimum absolute atomic E-state index is 0.158. The van der Waals surface area contributed by atoms with Crippen molar-refractivity contribution in [3.05, 3.63) is 0 Å². The molecule has 1 heterocycles. The molecule has 0 spiro atoms. The van der Waals surface area contributed by atoms with Crippen molar-refractivity contribution in [1.29, 1.82) is 0 Å². The van der Waals surface area contributed by atoms with Gasteiger partial charge in [0.25, 0.3) is 0 Å². The van der Waals surface area contributed by atoms with E-state index >= 15 is 0 Å². The summed E-state index contributed by atoms with van der Waals surface area (Å²) in [7, 11) is 1.47. The Morgan fingerprint density at radius 2 is 2.21 bits per heavy atom. The van der Waals surface area contributed by atoms with Gasteiger partial charge in [0.15, 0.2) is 0 Å². The van der Waals surface area contributed by atoms with E-state index < -0.39 is 5.54 Å². The van der Waals surface area contributed by atoms with Gasteiger partial charge in [-0.15, -0.1) is 0 Å². The van der Waals surface area contributed by atoms with Gasteiger partial charge in [0, 0.05) is 13.1 Å². The number of hydrogen-bond acceptors (Lipinski definition) is 4. The Labute approximate surface area is 117 Å². The molecule has 1 aliphatic rings. The highest BCUT2D eigenvalue weighted by molar-refractivity contribution is 5.80. The van der Waals surface area contributed by atoms with Crippen molar-refractivity contribution in [2.75, 3.05) is 33.3 Å². The largest absolute Gasteiger partial charge is 0.468 e. The second-order valence-electron chi connectivity index (χ2n) is 6.28. The number of carbonyl (C=O) groups is 1. The molecule has 1 N–H and O–H groups in total. The third-order valence-electron chi connectivity index (χ3n) is 4.19. The van der Waals surface area contributed by atoms with Crippen LogP contribution in [0.2, 0.25) is 0 Å². The van der Waals surface area contributed by atoms with Gasteiger partial charge >= 0.3 is 5.97 Å². The van der Waals surface area contributed by atoms with Gasteiger partial charge in [0.2, 0.25) is 0 Å². The Morgan fingerprint density at radius 1 is 1.53 bits per heavy atom. The first-order valence-corrected chi connectivity index (χ1v) is 7.48. The molecule has 0 aliphatic carbocycles. The predicted molar refractivity (Wildman–Crippen MR) is 78.1 cm³/mol. The van der Waals surface area contributed by atoms with Gasteiger partial charge in [-0.05, 0) is 44.7 Å². The zero-order valence-corrected chi connectivity index (χ0v) is 13.2. The highest BCUT2D eigenvalue weighted by Crippen LogP contribution is 2.25. The van der Waals surface area contributed by atoms with Crippen molar-refractivity contribution in [3.8, 4) is 0 Å². The lowest BCUT2D eigenvalue weighted by Crippen LogP contribution is -2.57. The molecule has 0 bridgehead atoms. The molecule has 0 saturated carbocycles. The van der Waals surface area contributed by atoms with Crippen molar-refractivity contribution in [1.82, 2.24) is 10.2 Å². The standard InChI is InChI=1S/C15H30N2O2/c1-6-8-16-15(4,14(18)19-5)11-17-9-7-13(10-17)12(2)3/h12-13,16H,6-11H2,1-5H3. The summed E-state index contributed by atoms with van der Waals surface area (Å²) in [6.07, 6.45) is 2.25. The second kappa shape index (κ2) is 7.25. The monoisotopic (exact) mass is 270 g/mol. The molecular formula is C15H30N2O2. The van der Waals surface area contributed by atoms with Gasteiger partial charge in [-0.1, -0.05) is 20.8 Å². The topological polar surface area (TPSA) is 41.6 Å². The fourth-order valence-electron chi connectivity index (χ4n) is 2.82. The van der Waals surface area contributed by atoms with Gasteiger partial charge < -0.3 is 15.0 Å². The molecule has 1 aliphatic heterocycles. The van der Waals surface area contributed by atoms with E-state index in [1.807, 2.05) is 6.92 Å². The summed E-state index contributed by atoms with van der Waals surface area (Å²) >= 11 is 0. The molecule has 0 aromatic carbocycles. The van der Waals surface area contributed by atoms with Gasteiger partial charge in [-0.2, -0.15) is 0 Å². The number of methoxy groups -OCH3 is 1. The molecule has 4 nitrogen and oxygen atoms in total. The first-order chi connectivity index (χ1) is 8.92. The van der Waals surface area contributed by atoms with Crippen molar-refractivity contribution < 1.29 is 9.53 Å². The highest BCUT2D eigenvalue weighted by Gasteiger charge is 2.37. The predicted octanol–water partition coefficient (Wildman–Crippen LogP) is 1.90. The van der Waals surface area contributed by atoms with Gasteiger partial charge in [-0.3, -0.25) is 4.79 Å². The van der Waals surface area contributed by atoms with Crippen LogP contribution < -0.4 is 5.32 Å². The van der Waals surface area contributed by atoms with E-state index in [9.17, 15) is 4.79 Å². The first kappa shape index (κ1) is 16.4. The zero-order chi connectivity index (χ0) is 14.5. The normalized spacial score (nSPS) is 23.6. The summed E-state index contributed by atoms with van der Waals surface area (Å²) in [4.78, 5) is 14.4. The van der Waals surface area contributed by atoms with Crippen LogP contribution in [0.25, 0.3) is 0 Å². The van der Waals surface area contributed by atoms with Crippen LogP contribution in [0.5, 0.6) is 0 Å². The Morgan fingerprint density at radius 3 is 2.68 bits per heavy atom. The lowest BCUT2D eigenvalue weighted by atomic mass is 9.95. The number of hydrogen-bond donors (Lipinski definition) is 1. The van der Waals surface area contributed by atoms with Crippen molar-refractivity contribution >= 4 is 5.97 Å². The molecule has 1 rings (SSSR count). The fourth-order valence-corrected chi connectivity index (χ4v) is 2.82. The summed E-state index contributed by atoms with van der Waals surface area (Å²) in [5.41, 5.74) is -0.587. The quantitative estimate of drug-likeness (QED) is 0.717. The first-order valence-electron chi connectivity index (χ1n) is 7.48. The van der Waals surface area contributed by atoms with Crippen LogP contribution in [-0.4, -0.2) is 49.7 Å². The Balaban J connectivity index is 2.60. The lowest BCUT2D eigenvalue weighted by Gasteiger charge is -2.32. The van der Waals surface area contributed by atoms with E-state index in [0.717, 1.165) is 44.4 Å². The van der Waals surface area contributed by atoms with Crippen molar-refractivity contribution in [2.24, 2.45) is 11.8 Å². The average molecular weight is 270 g/mol. The Hall–Kier alpha value is -0.610. The maximum absolute atomic E-state index is 12.0. The van der Waals surface area contributed by atoms with Gasteiger partial charge in [0.1, 0.15) is 5.54 Å². The maximum atomic E-state index is 12.0. The van der Waals surface area contributed by atoms with E-state index in [-0.39, 0.29) is 5.97 Å². The fraction of sp³-hybridized carbons (Fsp3) is 0.933.